The lowest BCUT2D eigenvalue weighted by Crippen LogP contribution is -2.58. The Kier molecular flexibility index (Phi) is 5.06. The average molecular weight is 328 g/mol. The van der Waals surface area contributed by atoms with Gasteiger partial charge in [0, 0.05) is 6.04 Å². The molecule has 0 aromatic heterocycles. The first-order chi connectivity index (χ1) is 9.36. The zero-order chi connectivity index (χ0) is 16.5. The van der Waals surface area contributed by atoms with E-state index >= 15 is 0 Å². The zero-order valence-corrected chi connectivity index (χ0v) is 10.5. The molecule has 1 aliphatic rings. The van der Waals surface area contributed by atoms with Crippen molar-refractivity contribution in [1.82, 2.24) is 10.2 Å². The van der Waals surface area contributed by atoms with Crippen LogP contribution in [0.25, 0.3) is 0 Å². The molecule has 0 spiro atoms. The van der Waals surface area contributed by atoms with Crippen molar-refractivity contribution in [3.05, 3.63) is 0 Å². The van der Waals surface area contributed by atoms with Crippen molar-refractivity contribution in [2.24, 2.45) is 0 Å². The van der Waals surface area contributed by atoms with Crippen molar-refractivity contribution < 1.29 is 39.9 Å². The SMILES string of the molecule is O=C(N(CC(F)(F)F)C1CCNCC1)C(F)(F)C(F)(F)F. The maximum atomic E-state index is 13.0. The molecule has 0 bridgehead atoms. The molecular weight excluding hydrogens is 316 g/mol. The highest BCUT2D eigenvalue weighted by Gasteiger charge is 2.65. The molecule has 0 radical (unpaired) electrons. The number of halogens is 8. The summed E-state index contributed by atoms with van der Waals surface area (Å²) in [5.74, 6) is -8.71. The highest BCUT2D eigenvalue weighted by molar-refractivity contribution is 5.84. The topological polar surface area (TPSA) is 32.3 Å². The summed E-state index contributed by atoms with van der Waals surface area (Å²) in [5, 5.41) is 2.71. The number of hydrogen-bond acceptors (Lipinski definition) is 2. The minimum Gasteiger partial charge on any atom is -0.325 e. The van der Waals surface area contributed by atoms with Crippen LogP contribution in [0.1, 0.15) is 12.8 Å². The summed E-state index contributed by atoms with van der Waals surface area (Å²) in [7, 11) is 0. The van der Waals surface area contributed by atoms with Gasteiger partial charge in [0.05, 0.1) is 0 Å². The third kappa shape index (κ3) is 4.42. The Morgan fingerprint density at radius 3 is 1.86 bits per heavy atom. The Morgan fingerprint density at radius 2 is 1.48 bits per heavy atom. The molecule has 1 rings (SSSR count). The molecule has 124 valence electrons. The van der Waals surface area contributed by atoms with Gasteiger partial charge in [-0.25, -0.2) is 0 Å². The van der Waals surface area contributed by atoms with E-state index < -0.39 is 41.7 Å². The number of hydrogen-bond donors (Lipinski definition) is 1. The Balaban J connectivity index is 3.02. The molecule has 1 heterocycles. The van der Waals surface area contributed by atoms with Gasteiger partial charge in [-0.2, -0.15) is 35.1 Å². The first-order valence-electron chi connectivity index (χ1n) is 5.89. The van der Waals surface area contributed by atoms with Gasteiger partial charge in [-0.05, 0) is 25.9 Å². The molecule has 1 aliphatic heterocycles. The number of alkyl halides is 8. The third-order valence-corrected chi connectivity index (χ3v) is 2.98. The van der Waals surface area contributed by atoms with Gasteiger partial charge >= 0.3 is 24.2 Å². The summed E-state index contributed by atoms with van der Waals surface area (Å²) in [6.07, 6.45) is -11.6. The Hall–Kier alpha value is -1.13. The van der Waals surface area contributed by atoms with E-state index in [-0.39, 0.29) is 25.9 Å². The van der Waals surface area contributed by atoms with Crippen LogP contribution in [-0.4, -0.2) is 54.8 Å². The lowest BCUT2D eigenvalue weighted by molar-refractivity contribution is -0.277. The quantitative estimate of drug-likeness (QED) is 0.807. The molecule has 1 N–H and O–H groups in total. The summed E-state index contributed by atoms with van der Waals surface area (Å²) in [5.41, 5.74) is 0. The van der Waals surface area contributed by atoms with Crippen molar-refractivity contribution in [3.8, 4) is 0 Å². The van der Waals surface area contributed by atoms with Crippen molar-refractivity contribution in [1.29, 1.82) is 0 Å². The molecule has 11 heteroatoms. The van der Waals surface area contributed by atoms with Crippen molar-refractivity contribution in [2.45, 2.75) is 37.2 Å². The molecule has 3 nitrogen and oxygen atoms in total. The van der Waals surface area contributed by atoms with E-state index in [1.165, 1.54) is 0 Å². The second-order valence-corrected chi connectivity index (χ2v) is 4.60. The molecule has 1 amide bonds. The van der Waals surface area contributed by atoms with Crippen LogP contribution >= 0.6 is 0 Å². The van der Waals surface area contributed by atoms with Gasteiger partial charge in [0.25, 0.3) is 0 Å². The van der Waals surface area contributed by atoms with Crippen LogP contribution in [0.3, 0.4) is 0 Å². The van der Waals surface area contributed by atoms with Crippen LogP contribution < -0.4 is 5.32 Å². The first kappa shape index (κ1) is 17.9. The van der Waals surface area contributed by atoms with Crippen LogP contribution in [0.15, 0.2) is 0 Å². The first-order valence-corrected chi connectivity index (χ1v) is 5.89. The molecule has 0 saturated carbocycles. The van der Waals surface area contributed by atoms with Gasteiger partial charge in [-0.3, -0.25) is 4.79 Å². The van der Waals surface area contributed by atoms with Gasteiger partial charge in [0.15, 0.2) is 0 Å². The fourth-order valence-electron chi connectivity index (χ4n) is 1.98. The van der Waals surface area contributed by atoms with Gasteiger partial charge < -0.3 is 10.2 Å². The van der Waals surface area contributed by atoms with Gasteiger partial charge in [0.2, 0.25) is 0 Å². The van der Waals surface area contributed by atoms with Gasteiger partial charge in [-0.15, -0.1) is 0 Å². The summed E-state index contributed by atoms with van der Waals surface area (Å²) in [6.45, 7) is -1.88. The fourth-order valence-corrected chi connectivity index (χ4v) is 1.98. The Morgan fingerprint density at radius 1 is 1.00 bits per heavy atom. The molecule has 1 saturated heterocycles. The smallest absolute Gasteiger partial charge is 0.325 e. The largest absolute Gasteiger partial charge is 0.463 e. The van der Waals surface area contributed by atoms with E-state index in [1.807, 2.05) is 0 Å². The number of nitrogens with zero attached hydrogens (tertiary/aromatic N) is 1. The molecule has 0 aliphatic carbocycles. The molecule has 0 unspecified atom stereocenters. The van der Waals surface area contributed by atoms with Gasteiger partial charge in [0.1, 0.15) is 6.54 Å². The van der Waals surface area contributed by atoms with Crippen molar-refractivity contribution >= 4 is 5.91 Å². The summed E-state index contributed by atoms with van der Waals surface area (Å²) in [4.78, 5) is 10.9. The van der Waals surface area contributed by atoms with Crippen LogP contribution in [-0.2, 0) is 4.79 Å². The number of rotatable bonds is 3. The Labute approximate surface area is 114 Å². The summed E-state index contributed by atoms with van der Waals surface area (Å²) in [6, 6.07) is -1.31. The molecular formula is C10H12F8N2O. The van der Waals surface area contributed by atoms with E-state index in [4.69, 9.17) is 0 Å². The number of carbonyl (C=O) groups excluding carboxylic acids is 1. The Bertz CT molecular complexity index is 372. The zero-order valence-electron chi connectivity index (χ0n) is 10.5. The van der Waals surface area contributed by atoms with E-state index in [9.17, 15) is 39.9 Å². The highest BCUT2D eigenvalue weighted by atomic mass is 19.4. The lowest BCUT2D eigenvalue weighted by atomic mass is 10.0. The number of carbonyl (C=O) groups is 1. The minimum absolute atomic E-state index is 0.129. The van der Waals surface area contributed by atoms with Crippen LogP contribution in [0.5, 0.6) is 0 Å². The van der Waals surface area contributed by atoms with Crippen LogP contribution in [0.4, 0.5) is 35.1 Å². The number of amides is 1. The maximum Gasteiger partial charge on any atom is 0.463 e. The van der Waals surface area contributed by atoms with E-state index in [1.54, 1.807) is 0 Å². The minimum atomic E-state index is -6.24. The molecule has 0 aromatic rings. The average Bonchev–Trinajstić information content (AvgIpc) is 2.33. The molecule has 1 fully saturated rings. The highest BCUT2D eigenvalue weighted by Crippen LogP contribution is 2.38. The predicted octanol–water partition coefficient (Wildman–Crippen LogP) is 2.33. The second kappa shape index (κ2) is 5.93. The second-order valence-electron chi connectivity index (χ2n) is 4.60. The van der Waals surface area contributed by atoms with E-state index in [0.717, 1.165) is 0 Å². The summed E-state index contributed by atoms with van der Waals surface area (Å²) >= 11 is 0. The monoisotopic (exact) mass is 328 g/mol. The molecule has 0 atom stereocenters. The van der Waals surface area contributed by atoms with Gasteiger partial charge in [-0.1, -0.05) is 0 Å². The van der Waals surface area contributed by atoms with E-state index in [2.05, 4.69) is 5.32 Å². The molecule has 21 heavy (non-hydrogen) atoms. The fraction of sp³-hybridized carbons (Fsp3) is 0.900. The lowest BCUT2D eigenvalue weighted by Gasteiger charge is -2.37. The summed E-state index contributed by atoms with van der Waals surface area (Å²) < 4.78 is 99.6. The van der Waals surface area contributed by atoms with Crippen molar-refractivity contribution in [2.75, 3.05) is 19.6 Å². The maximum absolute atomic E-state index is 13.0. The normalized spacial score (nSPS) is 18.7. The van der Waals surface area contributed by atoms with Crippen LogP contribution in [0, 0.1) is 0 Å². The molecule has 0 aromatic carbocycles. The number of nitrogens with one attached hydrogen (secondary N) is 1. The van der Waals surface area contributed by atoms with Crippen molar-refractivity contribution in [3.63, 3.8) is 0 Å². The standard InChI is InChI=1S/C10H12F8N2O/c11-8(12,13)5-20(6-1-3-19-4-2-6)7(21)9(14,15)10(16,17)18/h6,19H,1-5H2. The number of piperidine rings is 1. The third-order valence-electron chi connectivity index (χ3n) is 2.98. The predicted molar refractivity (Wildman–Crippen MR) is 54.7 cm³/mol. The van der Waals surface area contributed by atoms with Crippen LogP contribution in [0.2, 0.25) is 0 Å². The van der Waals surface area contributed by atoms with E-state index in [0.29, 0.717) is 0 Å².